The predicted octanol–water partition coefficient (Wildman–Crippen LogP) is 2.19. The van der Waals surface area contributed by atoms with E-state index in [0.717, 1.165) is 5.69 Å². The van der Waals surface area contributed by atoms with Gasteiger partial charge in [0.05, 0.1) is 14.2 Å². The number of rotatable bonds is 6. The van der Waals surface area contributed by atoms with Crippen molar-refractivity contribution >= 4 is 11.7 Å². The lowest BCUT2D eigenvalue weighted by atomic mass is 10.1. The molecular formula is C19H22FN3O4. The standard InChI is InChI=1S/C19H22FN3O4/c1-26-16-8-7-15(18(21-16)27-2)17(19(24)25)23-11-9-22(10-12-23)14-5-3-13(20)4-6-14/h3-8,17H,9-12H2,1-2H3,(H,24,25)/t17-/m1/s1. The summed E-state index contributed by atoms with van der Waals surface area (Å²) in [6.07, 6.45) is 0. The topological polar surface area (TPSA) is 75.1 Å². The minimum absolute atomic E-state index is 0.239. The molecule has 27 heavy (non-hydrogen) atoms. The maximum Gasteiger partial charge on any atom is 0.325 e. The van der Waals surface area contributed by atoms with Gasteiger partial charge in [-0.25, -0.2) is 4.39 Å². The summed E-state index contributed by atoms with van der Waals surface area (Å²) >= 11 is 0. The number of aliphatic carboxylic acids is 1. The zero-order valence-electron chi connectivity index (χ0n) is 15.3. The fourth-order valence-corrected chi connectivity index (χ4v) is 3.30. The van der Waals surface area contributed by atoms with Crippen LogP contribution in [0.3, 0.4) is 0 Å². The number of carbonyl (C=O) groups is 1. The number of anilines is 1. The lowest BCUT2D eigenvalue weighted by Gasteiger charge is -2.39. The second-order valence-electron chi connectivity index (χ2n) is 6.19. The molecule has 0 aliphatic carbocycles. The van der Waals surface area contributed by atoms with Gasteiger partial charge in [0.25, 0.3) is 0 Å². The van der Waals surface area contributed by atoms with E-state index in [1.165, 1.54) is 26.4 Å². The number of hydrogen-bond donors (Lipinski definition) is 1. The van der Waals surface area contributed by atoms with Crippen molar-refractivity contribution in [3.8, 4) is 11.8 Å². The fraction of sp³-hybridized carbons (Fsp3) is 0.368. The molecule has 2 heterocycles. The maximum atomic E-state index is 13.1. The normalized spacial score (nSPS) is 16.0. The molecule has 0 saturated carbocycles. The van der Waals surface area contributed by atoms with Crippen molar-refractivity contribution in [1.29, 1.82) is 0 Å². The Morgan fingerprint density at radius 3 is 2.30 bits per heavy atom. The molecule has 1 aliphatic rings. The molecule has 1 saturated heterocycles. The minimum atomic E-state index is -0.963. The number of hydrogen-bond acceptors (Lipinski definition) is 6. The van der Waals surface area contributed by atoms with E-state index in [1.807, 2.05) is 4.90 Å². The van der Waals surface area contributed by atoms with Crippen LogP contribution in [0.15, 0.2) is 36.4 Å². The predicted molar refractivity (Wildman–Crippen MR) is 97.9 cm³/mol. The fourth-order valence-electron chi connectivity index (χ4n) is 3.30. The first-order valence-corrected chi connectivity index (χ1v) is 8.59. The first kappa shape index (κ1) is 18.9. The molecular weight excluding hydrogens is 353 g/mol. The Morgan fingerprint density at radius 2 is 1.74 bits per heavy atom. The van der Waals surface area contributed by atoms with Gasteiger partial charge in [-0.1, -0.05) is 0 Å². The summed E-state index contributed by atoms with van der Waals surface area (Å²) in [5.41, 5.74) is 1.41. The average Bonchev–Trinajstić information content (AvgIpc) is 2.69. The number of methoxy groups -OCH3 is 2. The molecule has 1 N–H and O–H groups in total. The van der Waals surface area contributed by atoms with E-state index < -0.39 is 12.0 Å². The molecule has 144 valence electrons. The highest BCUT2D eigenvalue weighted by Gasteiger charge is 2.33. The van der Waals surface area contributed by atoms with Gasteiger partial charge in [-0.05, 0) is 30.3 Å². The van der Waals surface area contributed by atoms with Crippen LogP contribution >= 0.6 is 0 Å². The molecule has 0 amide bonds. The molecule has 0 radical (unpaired) electrons. The number of carboxylic acid groups (broad SMARTS) is 1. The van der Waals surface area contributed by atoms with Crippen LogP contribution in [0.4, 0.5) is 10.1 Å². The van der Waals surface area contributed by atoms with Crippen molar-refractivity contribution in [2.75, 3.05) is 45.3 Å². The molecule has 1 atom stereocenters. The molecule has 2 aromatic rings. The lowest BCUT2D eigenvalue weighted by molar-refractivity contribution is -0.143. The quantitative estimate of drug-likeness (QED) is 0.829. The van der Waals surface area contributed by atoms with Crippen molar-refractivity contribution < 1.29 is 23.8 Å². The molecule has 1 aliphatic heterocycles. The summed E-state index contributed by atoms with van der Waals surface area (Å²) in [7, 11) is 2.95. The van der Waals surface area contributed by atoms with E-state index in [2.05, 4.69) is 9.88 Å². The smallest absolute Gasteiger partial charge is 0.325 e. The highest BCUT2D eigenvalue weighted by Crippen LogP contribution is 2.31. The van der Waals surface area contributed by atoms with E-state index in [1.54, 1.807) is 24.3 Å². The molecule has 0 spiro atoms. The van der Waals surface area contributed by atoms with Gasteiger partial charge in [-0.15, -0.1) is 0 Å². The number of benzene rings is 1. The molecule has 1 aromatic heterocycles. The number of pyridine rings is 1. The Kier molecular flexibility index (Phi) is 5.75. The monoisotopic (exact) mass is 375 g/mol. The summed E-state index contributed by atoms with van der Waals surface area (Å²) in [5.74, 6) is -0.637. The van der Waals surface area contributed by atoms with Gasteiger partial charge >= 0.3 is 5.97 Å². The maximum absolute atomic E-state index is 13.1. The van der Waals surface area contributed by atoms with Gasteiger partial charge in [0, 0.05) is 43.5 Å². The van der Waals surface area contributed by atoms with E-state index in [0.29, 0.717) is 37.6 Å². The number of piperazine rings is 1. The minimum Gasteiger partial charge on any atom is -0.481 e. The number of nitrogens with zero attached hydrogens (tertiary/aromatic N) is 3. The van der Waals surface area contributed by atoms with Crippen molar-refractivity contribution in [1.82, 2.24) is 9.88 Å². The molecule has 0 unspecified atom stereocenters. The highest BCUT2D eigenvalue weighted by atomic mass is 19.1. The summed E-state index contributed by atoms with van der Waals surface area (Å²) in [5, 5.41) is 9.83. The largest absolute Gasteiger partial charge is 0.481 e. The molecule has 0 bridgehead atoms. The van der Waals surface area contributed by atoms with Crippen LogP contribution in [0.5, 0.6) is 11.8 Å². The third kappa shape index (κ3) is 4.11. The van der Waals surface area contributed by atoms with Crippen LogP contribution in [0.1, 0.15) is 11.6 Å². The van der Waals surface area contributed by atoms with Gasteiger partial charge < -0.3 is 19.5 Å². The van der Waals surface area contributed by atoms with Gasteiger partial charge in [-0.3, -0.25) is 9.69 Å². The van der Waals surface area contributed by atoms with Crippen molar-refractivity contribution in [2.45, 2.75) is 6.04 Å². The van der Waals surface area contributed by atoms with E-state index >= 15 is 0 Å². The summed E-state index contributed by atoms with van der Waals surface area (Å²) in [6, 6.07) is 8.75. The Labute approximate surface area is 156 Å². The van der Waals surface area contributed by atoms with E-state index in [4.69, 9.17) is 9.47 Å². The zero-order valence-corrected chi connectivity index (χ0v) is 15.3. The lowest BCUT2D eigenvalue weighted by Crippen LogP contribution is -2.49. The number of halogens is 1. The van der Waals surface area contributed by atoms with E-state index in [9.17, 15) is 14.3 Å². The highest BCUT2D eigenvalue weighted by molar-refractivity contribution is 5.76. The third-order valence-electron chi connectivity index (χ3n) is 4.67. The van der Waals surface area contributed by atoms with Gasteiger partial charge in [0.1, 0.15) is 11.9 Å². The van der Waals surface area contributed by atoms with Crippen LogP contribution in [0.25, 0.3) is 0 Å². The third-order valence-corrected chi connectivity index (χ3v) is 4.67. The Hall–Kier alpha value is -2.87. The zero-order chi connectivity index (χ0) is 19.4. The van der Waals surface area contributed by atoms with Crippen LogP contribution in [-0.4, -0.2) is 61.4 Å². The average molecular weight is 375 g/mol. The first-order chi connectivity index (χ1) is 13.0. The first-order valence-electron chi connectivity index (χ1n) is 8.59. The molecule has 3 rings (SSSR count). The SMILES string of the molecule is COc1ccc([C@H](C(=O)O)N2CCN(c3ccc(F)cc3)CC2)c(OC)n1. The Balaban J connectivity index is 1.77. The van der Waals surface area contributed by atoms with Crippen LogP contribution < -0.4 is 14.4 Å². The summed E-state index contributed by atoms with van der Waals surface area (Å²) in [4.78, 5) is 20.2. The van der Waals surface area contributed by atoms with Crippen molar-refractivity contribution in [3.05, 3.63) is 47.8 Å². The molecule has 1 fully saturated rings. The van der Waals surface area contributed by atoms with Crippen molar-refractivity contribution in [2.24, 2.45) is 0 Å². The summed E-state index contributed by atoms with van der Waals surface area (Å²) < 4.78 is 23.5. The second-order valence-corrected chi connectivity index (χ2v) is 6.19. The molecule has 8 heteroatoms. The van der Waals surface area contributed by atoms with Gasteiger partial charge in [0.2, 0.25) is 11.8 Å². The number of aromatic nitrogens is 1. The second kappa shape index (κ2) is 8.22. The summed E-state index contributed by atoms with van der Waals surface area (Å²) in [6.45, 7) is 2.37. The van der Waals surface area contributed by atoms with Crippen LogP contribution in [0.2, 0.25) is 0 Å². The molecule has 7 nitrogen and oxygen atoms in total. The molecule has 1 aromatic carbocycles. The van der Waals surface area contributed by atoms with Crippen LogP contribution in [0, 0.1) is 5.82 Å². The number of ether oxygens (including phenoxy) is 2. The van der Waals surface area contributed by atoms with Crippen LogP contribution in [-0.2, 0) is 4.79 Å². The van der Waals surface area contributed by atoms with E-state index in [-0.39, 0.29) is 11.7 Å². The van der Waals surface area contributed by atoms with Gasteiger partial charge in [-0.2, -0.15) is 4.98 Å². The van der Waals surface area contributed by atoms with Crippen molar-refractivity contribution in [3.63, 3.8) is 0 Å². The Morgan fingerprint density at radius 1 is 1.07 bits per heavy atom. The van der Waals surface area contributed by atoms with Gasteiger partial charge in [0.15, 0.2) is 0 Å². The Bertz CT molecular complexity index is 792. The number of carboxylic acids is 1.